The summed E-state index contributed by atoms with van der Waals surface area (Å²) in [5, 5.41) is 10.8. The molecule has 0 amide bonds. The minimum absolute atomic E-state index is 0.0545. The van der Waals surface area contributed by atoms with Gasteiger partial charge in [0.05, 0.1) is 41.4 Å². The molecule has 0 aliphatic carbocycles. The lowest BCUT2D eigenvalue weighted by atomic mass is 10.0. The molecule has 39 heavy (non-hydrogen) atoms. The molecule has 1 aliphatic rings. The number of hydrogen-bond donors (Lipinski definition) is 1. The highest BCUT2D eigenvalue weighted by atomic mass is 79.9. The Bertz CT molecular complexity index is 1840. The monoisotopic (exact) mass is 710 g/mol. The molecule has 3 heterocycles. The van der Waals surface area contributed by atoms with E-state index in [4.69, 9.17) is 32.4 Å². The molecule has 0 radical (unpaired) electrons. The number of allylic oxidation sites excluding steroid dienone is 1. The van der Waals surface area contributed by atoms with E-state index in [1.807, 2.05) is 0 Å². The SMILES string of the molecule is CCOC(=O)C1=C(C)N=c2s/c(=C\c3cc(Br)c(O)c(Br)c3)c(=O)n2[C@@H]1c1ccc(-c2ccc(Cl)c(Cl)c2)o1. The minimum atomic E-state index is -0.905. The number of aromatic nitrogens is 1. The summed E-state index contributed by atoms with van der Waals surface area (Å²) in [5.74, 6) is 0.314. The average molecular weight is 713 g/mol. The largest absolute Gasteiger partial charge is 0.506 e. The summed E-state index contributed by atoms with van der Waals surface area (Å²) in [6, 6.07) is 11.1. The standard InChI is InChI=1S/C27H18Br2Cl2N2O5S/c1-3-37-26(36)22-12(2)32-27-33(25(35)21(39-27)10-13-8-15(28)24(34)16(29)9-13)23(22)20-7-6-19(38-20)14-4-5-17(30)18(31)11-14/h4-11,23,34H,3H2,1-2H3/b21-10-/t23-/m1/s1. The number of fused-ring (bicyclic) bond motifs is 1. The second kappa shape index (κ2) is 11.1. The van der Waals surface area contributed by atoms with Crippen molar-refractivity contribution in [2.45, 2.75) is 19.9 Å². The molecule has 0 unspecified atom stereocenters. The number of ether oxygens (including phenoxy) is 1. The van der Waals surface area contributed by atoms with Gasteiger partial charge in [-0.1, -0.05) is 34.5 Å². The van der Waals surface area contributed by atoms with Gasteiger partial charge in [0.15, 0.2) is 4.80 Å². The molecule has 5 rings (SSSR count). The van der Waals surface area contributed by atoms with E-state index in [1.54, 1.807) is 62.4 Å². The molecule has 2 aromatic heterocycles. The number of phenols is 1. The number of phenolic OH excluding ortho intramolecular Hbond substituents is 1. The Labute approximate surface area is 252 Å². The molecular weight excluding hydrogens is 695 g/mol. The summed E-state index contributed by atoms with van der Waals surface area (Å²) < 4.78 is 14.3. The van der Waals surface area contributed by atoms with Crippen molar-refractivity contribution in [2.24, 2.45) is 4.99 Å². The van der Waals surface area contributed by atoms with E-state index in [-0.39, 0.29) is 23.5 Å². The fraction of sp³-hybridized carbons (Fsp3) is 0.148. The topological polar surface area (TPSA) is 94.0 Å². The number of carbonyl (C=O) groups is 1. The zero-order chi connectivity index (χ0) is 28.0. The lowest BCUT2D eigenvalue weighted by molar-refractivity contribution is -0.139. The van der Waals surface area contributed by atoms with Crippen molar-refractivity contribution in [3.8, 4) is 17.1 Å². The lowest BCUT2D eigenvalue weighted by Gasteiger charge is -2.22. The quantitative estimate of drug-likeness (QED) is 0.236. The Morgan fingerprint density at radius 3 is 2.56 bits per heavy atom. The van der Waals surface area contributed by atoms with Gasteiger partial charge in [-0.25, -0.2) is 9.79 Å². The van der Waals surface area contributed by atoms with Crippen molar-refractivity contribution in [1.29, 1.82) is 0 Å². The highest BCUT2D eigenvalue weighted by molar-refractivity contribution is 9.11. The van der Waals surface area contributed by atoms with Gasteiger partial charge in [-0.2, -0.15) is 0 Å². The lowest BCUT2D eigenvalue weighted by Crippen LogP contribution is -2.39. The second-order valence-electron chi connectivity index (χ2n) is 8.47. The maximum absolute atomic E-state index is 13.8. The third-order valence-electron chi connectivity index (χ3n) is 5.95. The van der Waals surface area contributed by atoms with Gasteiger partial charge in [-0.05, 0) is 99.8 Å². The van der Waals surface area contributed by atoms with Crippen molar-refractivity contribution >= 4 is 78.4 Å². The molecule has 0 fully saturated rings. The van der Waals surface area contributed by atoms with Crippen LogP contribution in [0.5, 0.6) is 5.75 Å². The summed E-state index contributed by atoms with van der Waals surface area (Å²) in [5.41, 5.74) is 1.64. The number of nitrogens with zero attached hydrogens (tertiary/aromatic N) is 2. The van der Waals surface area contributed by atoms with E-state index in [0.717, 1.165) is 0 Å². The van der Waals surface area contributed by atoms with Crippen LogP contribution in [0.25, 0.3) is 17.4 Å². The summed E-state index contributed by atoms with van der Waals surface area (Å²) >= 11 is 20.1. The van der Waals surface area contributed by atoms with E-state index < -0.39 is 12.0 Å². The third-order valence-corrected chi connectivity index (χ3v) is 8.89. The van der Waals surface area contributed by atoms with Crippen LogP contribution in [-0.4, -0.2) is 22.2 Å². The summed E-state index contributed by atoms with van der Waals surface area (Å²) in [4.78, 5) is 31.9. The van der Waals surface area contributed by atoms with Gasteiger partial charge in [0.1, 0.15) is 23.3 Å². The molecule has 1 atom stereocenters. The first kappa shape index (κ1) is 27.9. The van der Waals surface area contributed by atoms with Gasteiger partial charge >= 0.3 is 5.97 Å². The number of hydrogen-bond acceptors (Lipinski definition) is 7. The number of thiazole rings is 1. The number of rotatable bonds is 5. The Morgan fingerprint density at radius 1 is 1.18 bits per heavy atom. The Kier molecular flexibility index (Phi) is 7.94. The molecule has 0 spiro atoms. The van der Waals surface area contributed by atoms with Crippen molar-refractivity contribution in [3.63, 3.8) is 0 Å². The van der Waals surface area contributed by atoms with Gasteiger partial charge in [0, 0.05) is 5.56 Å². The molecule has 2 aromatic carbocycles. The Morgan fingerprint density at radius 2 is 1.90 bits per heavy atom. The molecule has 0 saturated carbocycles. The van der Waals surface area contributed by atoms with E-state index in [2.05, 4.69) is 36.9 Å². The zero-order valence-electron chi connectivity index (χ0n) is 20.3. The minimum Gasteiger partial charge on any atom is -0.506 e. The van der Waals surface area contributed by atoms with Crippen LogP contribution in [0.1, 0.15) is 31.2 Å². The number of carbonyl (C=O) groups excluding carboxylic acids is 1. The first-order chi connectivity index (χ1) is 18.6. The second-order valence-corrected chi connectivity index (χ2v) is 12.0. The molecule has 200 valence electrons. The molecule has 12 heteroatoms. The highest BCUT2D eigenvalue weighted by Crippen LogP contribution is 2.36. The van der Waals surface area contributed by atoms with Crippen molar-refractivity contribution < 1.29 is 19.1 Å². The van der Waals surface area contributed by atoms with E-state index >= 15 is 0 Å². The normalized spacial score (nSPS) is 15.3. The van der Waals surface area contributed by atoms with Gasteiger partial charge < -0.3 is 14.3 Å². The molecule has 7 nitrogen and oxygen atoms in total. The summed E-state index contributed by atoms with van der Waals surface area (Å²) in [7, 11) is 0. The van der Waals surface area contributed by atoms with E-state index in [1.165, 1.54) is 15.9 Å². The number of benzene rings is 2. The van der Waals surface area contributed by atoms with Crippen LogP contribution >= 0.6 is 66.4 Å². The number of halogens is 4. The summed E-state index contributed by atoms with van der Waals surface area (Å²) in [6.45, 7) is 3.57. The summed E-state index contributed by atoms with van der Waals surface area (Å²) in [6.07, 6.45) is 1.70. The Balaban J connectivity index is 1.69. The van der Waals surface area contributed by atoms with Crippen molar-refractivity contribution in [3.05, 3.63) is 104 Å². The maximum atomic E-state index is 13.8. The predicted molar refractivity (Wildman–Crippen MR) is 158 cm³/mol. The van der Waals surface area contributed by atoms with Crippen LogP contribution in [-0.2, 0) is 9.53 Å². The molecule has 0 bridgehead atoms. The van der Waals surface area contributed by atoms with Gasteiger partial charge in [-0.3, -0.25) is 9.36 Å². The zero-order valence-corrected chi connectivity index (χ0v) is 25.8. The fourth-order valence-electron chi connectivity index (χ4n) is 4.18. The fourth-order valence-corrected chi connectivity index (χ4v) is 6.75. The first-order valence-corrected chi connectivity index (χ1v) is 14.7. The molecule has 0 saturated heterocycles. The number of aromatic hydroxyl groups is 1. The van der Waals surface area contributed by atoms with Crippen molar-refractivity contribution in [1.82, 2.24) is 4.57 Å². The van der Waals surface area contributed by atoms with Crippen LogP contribution in [0.3, 0.4) is 0 Å². The van der Waals surface area contributed by atoms with Crippen molar-refractivity contribution in [2.75, 3.05) is 6.61 Å². The van der Waals surface area contributed by atoms with E-state index in [9.17, 15) is 14.7 Å². The maximum Gasteiger partial charge on any atom is 0.338 e. The number of furan rings is 1. The molecule has 1 aliphatic heterocycles. The van der Waals surface area contributed by atoms with Gasteiger partial charge in [-0.15, -0.1) is 0 Å². The third kappa shape index (κ3) is 5.28. The molecular formula is C27H18Br2Cl2N2O5S. The Hall–Kier alpha value is -2.63. The molecule has 1 N–H and O–H groups in total. The average Bonchev–Trinajstić information content (AvgIpc) is 3.48. The van der Waals surface area contributed by atoms with Gasteiger partial charge in [0.2, 0.25) is 0 Å². The smallest absolute Gasteiger partial charge is 0.338 e. The molecule has 4 aromatic rings. The van der Waals surface area contributed by atoms with Crippen LogP contribution in [0.2, 0.25) is 10.0 Å². The van der Waals surface area contributed by atoms with Gasteiger partial charge in [0.25, 0.3) is 5.56 Å². The predicted octanol–water partition coefficient (Wildman–Crippen LogP) is 6.60. The number of esters is 1. The highest BCUT2D eigenvalue weighted by Gasteiger charge is 2.35. The van der Waals surface area contributed by atoms with Crippen LogP contribution < -0.4 is 14.9 Å². The first-order valence-electron chi connectivity index (χ1n) is 11.5. The van der Waals surface area contributed by atoms with Crippen LogP contribution in [0, 0.1) is 0 Å². The van der Waals surface area contributed by atoms with E-state index in [0.29, 0.717) is 56.7 Å². The van der Waals surface area contributed by atoms with Crippen LogP contribution in [0.15, 0.2) is 76.9 Å². The van der Waals surface area contributed by atoms with Crippen LogP contribution in [0.4, 0.5) is 0 Å².